The van der Waals surface area contributed by atoms with Crippen LogP contribution in [0.1, 0.15) is 18.4 Å². The van der Waals surface area contributed by atoms with Gasteiger partial charge in [-0.3, -0.25) is 4.79 Å². The van der Waals surface area contributed by atoms with Gasteiger partial charge in [0.2, 0.25) is 5.91 Å². The topological polar surface area (TPSA) is 69.6 Å². The molecule has 0 fully saturated rings. The minimum absolute atomic E-state index is 0.299. The zero-order valence-corrected chi connectivity index (χ0v) is 7.84. The third-order valence-corrected chi connectivity index (χ3v) is 1.82. The van der Waals surface area contributed by atoms with Gasteiger partial charge in [0.25, 0.3) is 0 Å². The molecule has 1 aromatic carbocycles. The molecule has 0 heterocycles. The van der Waals surface area contributed by atoms with Crippen molar-refractivity contribution in [2.24, 2.45) is 0 Å². The van der Waals surface area contributed by atoms with Gasteiger partial charge in [0.15, 0.2) is 0 Å². The fourth-order valence-electron chi connectivity index (χ4n) is 1.21. The number of hydrogen-bond acceptors (Lipinski definition) is 3. The predicted octanol–water partition coefficient (Wildman–Crippen LogP) is -0.124. The second-order valence-corrected chi connectivity index (χ2v) is 3.00. The van der Waals surface area contributed by atoms with E-state index in [0.717, 1.165) is 0 Å². The Kier molecular flexibility index (Phi) is 3.68. The largest absolute Gasteiger partial charge is 0.480 e. The van der Waals surface area contributed by atoms with E-state index in [1.54, 1.807) is 24.3 Å². The third-order valence-electron chi connectivity index (χ3n) is 1.82. The number of benzene rings is 1. The lowest BCUT2D eigenvalue weighted by Gasteiger charge is -2.16. The van der Waals surface area contributed by atoms with E-state index >= 15 is 0 Å². The number of nitrogens with one attached hydrogen (secondary N) is 1. The summed E-state index contributed by atoms with van der Waals surface area (Å²) < 4.78 is 0. The molecule has 1 amide bonds. The quantitative estimate of drug-likeness (QED) is 0.586. The van der Waals surface area contributed by atoms with Gasteiger partial charge in [0.05, 0.1) is 5.94 Å². The molecule has 0 radical (unpaired) electrons. The summed E-state index contributed by atoms with van der Waals surface area (Å²) in [7, 11) is -1.60. The van der Waals surface area contributed by atoms with Crippen LogP contribution in [0, 0.1) is 0 Å². The Morgan fingerprint density at radius 1 is 1.36 bits per heavy atom. The Hall–Kier alpha value is -1.33. The van der Waals surface area contributed by atoms with E-state index in [0.29, 0.717) is 5.56 Å². The summed E-state index contributed by atoms with van der Waals surface area (Å²) in [6, 6.07) is 8.80. The summed E-state index contributed by atoms with van der Waals surface area (Å²) in [4.78, 5) is 10.8. The van der Waals surface area contributed by atoms with E-state index in [1.165, 1.54) is 6.92 Å². The molecule has 0 aliphatic carbocycles. The molecule has 0 aromatic heterocycles. The van der Waals surface area contributed by atoms with Gasteiger partial charge in [-0.25, -0.2) is 0 Å². The van der Waals surface area contributed by atoms with Gasteiger partial charge >= 0.3 is 7.12 Å². The lowest BCUT2D eigenvalue weighted by Crippen LogP contribution is -2.38. The summed E-state index contributed by atoms with van der Waals surface area (Å²) >= 11 is 0. The highest BCUT2D eigenvalue weighted by Gasteiger charge is 2.25. The van der Waals surface area contributed by atoms with E-state index in [2.05, 4.69) is 5.32 Å². The van der Waals surface area contributed by atoms with E-state index in [4.69, 9.17) is 10.0 Å². The zero-order valence-electron chi connectivity index (χ0n) is 7.84. The van der Waals surface area contributed by atoms with Gasteiger partial charge in [-0.1, -0.05) is 30.3 Å². The Labute approximate surface area is 82.7 Å². The van der Waals surface area contributed by atoms with Crippen LogP contribution in [-0.2, 0) is 4.79 Å². The van der Waals surface area contributed by atoms with Crippen LogP contribution in [0.5, 0.6) is 0 Å². The SMILES string of the molecule is CC(=O)N[C@@H](B(O)O)c1ccccc1. The van der Waals surface area contributed by atoms with Gasteiger partial charge in [-0.15, -0.1) is 0 Å². The van der Waals surface area contributed by atoms with Gasteiger partial charge in [-0.2, -0.15) is 0 Å². The fraction of sp³-hybridized carbons (Fsp3) is 0.222. The van der Waals surface area contributed by atoms with Crippen molar-refractivity contribution >= 4 is 13.0 Å². The number of rotatable bonds is 3. The summed E-state index contributed by atoms with van der Waals surface area (Å²) in [5.41, 5.74) is 0.665. The van der Waals surface area contributed by atoms with Crippen LogP contribution in [0.4, 0.5) is 0 Å². The molecular weight excluding hydrogens is 181 g/mol. The number of amides is 1. The van der Waals surface area contributed by atoms with Crippen LogP contribution in [0.3, 0.4) is 0 Å². The highest BCUT2D eigenvalue weighted by Crippen LogP contribution is 2.12. The van der Waals surface area contributed by atoms with E-state index in [-0.39, 0.29) is 5.91 Å². The number of carbonyl (C=O) groups excluding carboxylic acids is 1. The lowest BCUT2D eigenvalue weighted by atomic mass is 9.75. The Balaban J connectivity index is 2.83. The molecular formula is C9H12BNO3. The molecule has 0 aliphatic rings. The van der Waals surface area contributed by atoms with Crippen molar-refractivity contribution in [3.63, 3.8) is 0 Å². The van der Waals surface area contributed by atoms with Crippen molar-refractivity contribution in [2.45, 2.75) is 12.9 Å². The molecule has 1 rings (SSSR count). The normalized spacial score (nSPS) is 11.9. The minimum atomic E-state index is -1.60. The van der Waals surface area contributed by atoms with Gasteiger partial charge in [0, 0.05) is 6.92 Å². The van der Waals surface area contributed by atoms with Crippen LogP contribution in [0.25, 0.3) is 0 Å². The fourth-order valence-corrected chi connectivity index (χ4v) is 1.21. The monoisotopic (exact) mass is 193 g/mol. The highest BCUT2D eigenvalue weighted by atomic mass is 16.4. The standard InChI is InChI=1S/C9H12BNO3/c1-7(12)11-9(10(13)14)8-5-3-2-4-6-8/h2-6,9,13-14H,1H3,(H,11,12)/t9-/m1/s1. The maximum absolute atomic E-state index is 10.8. The lowest BCUT2D eigenvalue weighted by molar-refractivity contribution is -0.119. The van der Waals surface area contributed by atoms with Gasteiger partial charge in [0.1, 0.15) is 0 Å². The molecule has 5 heteroatoms. The van der Waals surface area contributed by atoms with E-state index in [1.807, 2.05) is 6.07 Å². The van der Waals surface area contributed by atoms with Crippen LogP contribution < -0.4 is 5.32 Å². The van der Waals surface area contributed by atoms with E-state index in [9.17, 15) is 4.79 Å². The van der Waals surface area contributed by atoms with Gasteiger partial charge < -0.3 is 15.4 Å². The first-order valence-corrected chi connectivity index (χ1v) is 4.29. The average molecular weight is 193 g/mol. The molecule has 3 N–H and O–H groups in total. The van der Waals surface area contributed by atoms with Crippen LogP contribution in [0.2, 0.25) is 0 Å². The van der Waals surface area contributed by atoms with Crippen molar-refractivity contribution in [3.05, 3.63) is 35.9 Å². The molecule has 0 spiro atoms. The van der Waals surface area contributed by atoms with Crippen LogP contribution in [-0.4, -0.2) is 23.1 Å². The maximum Gasteiger partial charge on any atom is 0.480 e. The maximum atomic E-state index is 10.8. The van der Waals surface area contributed by atoms with Crippen molar-refractivity contribution in [1.82, 2.24) is 5.32 Å². The molecule has 0 saturated heterocycles. The Morgan fingerprint density at radius 2 is 1.93 bits per heavy atom. The second kappa shape index (κ2) is 4.78. The molecule has 14 heavy (non-hydrogen) atoms. The van der Waals surface area contributed by atoms with E-state index < -0.39 is 13.1 Å². The summed E-state index contributed by atoms with van der Waals surface area (Å²) in [6.45, 7) is 1.33. The first-order chi connectivity index (χ1) is 6.61. The third kappa shape index (κ3) is 2.87. The minimum Gasteiger partial charge on any atom is -0.426 e. The smallest absolute Gasteiger partial charge is 0.426 e. The highest BCUT2D eigenvalue weighted by molar-refractivity contribution is 6.43. The molecule has 0 bridgehead atoms. The molecule has 74 valence electrons. The number of hydrogen-bond donors (Lipinski definition) is 3. The molecule has 0 saturated carbocycles. The average Bonchev–Trinajstić information content (AvgIpc) is 2.15. The van der Waals surface area contributed by atoms with Crippen molar-refractivity contribution in [3.8, 4) is 0 Å². The van der Waals surface area contributed by atoms with Gasteiger partial charge in [-0.05, 0) is 5.56 Å². The van der Waals surface area contributed by atoms with Crippen LogP contribution >= 0.6 is 0 Å². The molecule has 0 unspecified atom stereocenters. The second-order valence-electron chi connectivity index (χ2n) is 3.00. The summed E-state index contributed by atoms with van der Waals surface area (Å²) in [5.74, 6) is -1.07. The first kappa shape index (κ1) is 10.8. The Bertz CT molecular complexity index is 302. The molecule has 4 nitrogen and oxygen atoms in total. The summed E-state index contributed by atoms with van der Waals surface area (Å²) in [5, 5.41) is 20.6. The van der Waals surface area contributed by atoms with Crippen molar-refractivity contribution < 1.29 is 14.8 Å². The Morgan fingerprint density at radius 3 is 2.36 bits per heavy atom. The predicted molar refractivity (Wildman–Crippen MR) is 53.2 cm³/mol. The summed E-state index contributed by atoms with van der Waals surface area (Å²) in [6.07, 6.45) is 0. The first-order valence-electron chi connectivity index (χ1n) is 4.29. The number of carbonyl (C=O) groups is 1. The van der Waals surface area contributed by atoms with Crippen molar-refractivity contribution in [2.75, 3.05) is 0 Å². The molecule has 1 aromatic rings. The molecule has 1 atom stereocenters. The van der Waals surface area contributed by atoms with Crippen molar-refractivity contribution in [1.29, 1.82) is 0 Å². The zero-order chi connectivity index (χ0) is 10.6. The van der Waals surface area contributed by atoms with Crippen LogP contribution in [0.15, 0.2) is 30.3 Å². The molecule has 0 aliphatic heterocycles.